The van der Waals surface area contributed by atoms with Crippen molar-refractivity contribution < 1.29 is 4.42 Å². The van der Waals surface area contributed by atoms with Crippen LogP contribution < -0.4 is 4.90 Å². The van der Waals surface area contributed by atoms with Gasteiger partial charge in [-0.1, -0.05) is 0 Å². The lowest BCUT2D eigenvalue weighted by molar-refractivity contribution is 0.376. The minimum absolute atomic E-state index is 0.409. The van der Waals surface area contributed by atoms with Crippen LogP contribution in [-0.4, -0.2) is 32.6 Å². The third-order valence-electron chi connectivity index (χ3n) is 4.87. The molecule has 3 aliphatic rings. The van der Waals surface area contributed by atoms with E-state index < -0.39 is 0 Å². The van der Waals surface area contributed by atoms with E-state index in [0.717, 1.165) is 48.7 Å². The molecule has 0 radical (unpaired) electrons. The van der Waals surface area contributed by atoms with Crippen molar-refractivity contribution >= 4 is 16.7 Å². The Morgan fingerprint density at radius 3 is 2.14 bits per heavy atom. The fourth-order valence-electron chi connectivity index (χ4n) is 3.09. The largest absolute Gasteiger partial charge is 0.425 e. The summed E-state index contributed by atoms with van der Waals surface area (Å²) in [5.74, 6) is 4.36. The highest BCUT2D eigenvalue weighted by molar-refractivity contribution is 7.09. The minimum Gasteiger partial charge on any atom is -0.425 e. The van der Waals surface area contributed by atoms with Gasteiger partial charge in [0.1, 0.15) is 5.82 Å². The summed E-state index contributed by atoms with van der Waals surface area (Å²) >= 11 is 1.55. The first-order chi connectivity index (χ1) is 10.9. The van der Waals surface area contributed by atoms with Crippen LogP contribution in [0.15, 0.2) is 4.42 Å². The maximum atomic E-state index is 5.87. The van der Waals surface area contributed by atoms with E-state index in [2.05, 4.69) is 19.5 Å². The van der Waals surface area contributed by atoms with Crippen LogP contribution in [0.1, 0.15) is 73.9 Å². The van der Waals surface area contributed by atoms with Gasteiger partial charge in [0.15, 0.2) is 0 Å². The van der Waals surface area contributed by atoms with Crippen molar-refractivity contribution in [3.8, 4) is 0 Å². The maximum absolute atomic E-state index is 5.87. The summed E-state index contributed by atoms with van der Waals surface area (Å²) < 4.78 is 10.4. The van der Waals surface area contributed by atoms with E-state index in [9.17, 15) is 0 Å². The molecule has 1 saturated heterocycles. The molecule has 0 aromatic carbocycles. The Bertz CT molecular complexity index is 609. The van der Waals surface area contributed by atoms with Crippen LogP contribution in [0.5, 0.6) is 0 Å². The second-order valence-electron chi connectivity index (χ2n) is 6.72. The zero-order chi connectivity index (χ0) is 14.5. The van der Waals surface area contributed by atoms with Crippen LogP contribution >= 0.6 is 11.5 Å². The molecule has 2 aromatic rings. The van der Waals surface area contributed by atoms with Crippen molar-refractivity contribution in [2.75, 3.05) is 18.0 Å². The number of rotatable bonds is 4. The van der Waals surface area contributed by atoms with Crippen LogP contribution in [0.3, 0.4) is 0 Å². The van der Waals surface area contributed by atoms with Gasteiger partial charge in [-0.15, -0.1) is 10.2 Å². The first kappa shape index (κ1) is 13.0. The second kappa shape index (κ2) is 5.01. The van der Waals surface area contributed by atoms with Crippen molar-refractivity contribution in [2.45, 2.75) is 56.3 Å². The lowest BCUT2D eigenvalue weighted by Crippen LogP contribution is -2.32. The number of anilines is 1. The van der Waals surface area contributed by atoms with Crippen LogP contribution in [0.4, 0.5) is 5.13 Å². The van der Waals surface area contributed by atoms with E-state index in [1.54, 1.807) is 11.5 Å². The molecule has 0 amide bonds. The zero-order valence-corrected chi connectivity index (χ0v) is 13.3. The number of aromatic nitrogens is 4. The first-order valence-corrected chi connectivity index (χ1v) is 9.06. The Kier molecular flexibility index (Phi) is 2.96. The van der Waals surface area contributed by atoms with Gasteiger partial charge in [0, 0.05) is 42.4 Å². The number of nitrogens with zero attached hydrogens (tertiary/aromatic N) is 5. The standard InChI is InChI=1S/C15H19N5OS/c1-2-9(1)12-16-15(22-19-12)20-7-5-11(6-8-20)14-18-17-13(21-14)10-3-4-10/h9-11H,1-8H2. The van der Waals surface area contributed by atoms with Gasteiger partial charge in [0.25, 0.3) is 0 Å². The molecule has 6 nitrogen and oxygen atoms in total. The monoisotopic (exact) mass is 317 g/mol. The molecule has 3 heterocycles. The summed E-state index contributed by atoms with van der Waals surface area (Å²) in [4.78, 5) is 7.07. The van der Waals surface area contributed by atoms with Gasteiger partial charge in [-0.05, 0) is 38.5 Å². The molecule has 0 N–H and O–H groups in total. The first-order valence-electron chi connectivity index (χ1n) is 8.28. The van der Waals surface area contributed by atoms with Crippen molar-refractivity contribution in [3.05, 3.63) is 17.6 Å². The van der Waals surface area contributed by atoms with E-state index in [0.29, 0.717) is 17.8 Å². The average Bonchev–Trinajstić information content (AvgIpc) is 3.49. The van der Waals surface area contributed by atoms with Crippen LogP contribution in [0.25, 0.3) is 0 Å². The highest BCUT2D eigenvalue weighted by Gasteiger charge is 2.33. The van der Waals surface area contributed by atoms with Gasteiger partial charge in [-0.25, -0.2) is 4.98 Å². The summed E-state index contributed by atoms with van der Waals surface area (Å²) in [6.45, 7) is 2.01. The topological polar surface area (TPSA) is 67.9 Å². The molecule has 2 aliphatic carbocycles. The average molecular weight is 317 g/mol. The summed E-state index contributed by atoms with van der Waals surface area (Å²) in [7, 11) is 0. The van der Waals surface area contributed by atoms with E-state index >= 15 is 0 Å². The maximum Gasteiger partial charge on any atom is 0.219 e. The van der Waals surface area contributed by atoms with E-state index in [-0.39, 0.29) is 0 Å². The van der Waals surface area contributed by atoms with Crippen LogP contribution in [0.2, 0.25) is 0 Å². The zero-order valence-electron chi connectivity index (χ0n) is 12.4. The quantitative estimate of drug-likeness (QED) is 0.863. The lowest BCUT2D eigenvalue weighted by Gasteiger charge is -2.29. The molecular formula is C15H19N5OS. The predicted molar refractivity (Wildman–Crippen MR) is 82.3 cm³/mol. The van der Waals surface area contributed by atoms with Crippen molar-refractivity contribution in [2.24, 2.45) is 0 Å². The van der Waals surface area contributed by atoms with Gasteiger partial charge in [-0.2, -0.15) is 4.37 Å². The summed E-state index contributed by atoms with van der Waals surface area (Å²) in [5.41, 5.74) is 0. The molecule has 0 spiro atoms. The van der Waals surface area contributed by atoms with Crippen molar-refractivity contribution in [3.63, 3.8) is 0 Å². The predicted octanol–water partition coefficient (Wildman–Crippen LogP) is 3.06. The van der Waals surface area contributed by atoms with E-state index in [1.807, 2.05) is 0 Å². The Hall–Kier alpha value is -1.50. The molecule has 7 heteroatoms. The third kappa shape index (κ3) is 2.41. The molecule has 2 saturated carbocycles. The lowest BCUT2D eigenvalue weighted by atomic mass is 9.97. The fraction of sp³-hybridized carbons (Fsp3) is 0.733. The second-order valence-corrected chi connectivity index (χ2v) is 7.45. The molecule has 3 fully saturated rings. The normalized spacial score (nSPS) is 23.2. The SMILES string of the molecule is C1CC1c1nsc(N2CCC(c3nnc(C4CC4)o3)CC2)n1. The Balaban J connectivity index is 1.23. The smallest absolute Gasteiger partial charge is 0.219 e. The molecule has 1 aliphatic heterocycles. The van der Waals surface area contributed by atoms with Gasteiger partial charge in [0.05, 0.1) is 0 Å². The molecular weight excluding hydrogens is 298 g/mol. The minimum atomic E-state index is 0.409. The van der Waals surface area contributed by atoms with E-state index in [4.69, 9.17) is 9.40 Å². The van der Waals surface area contributed by atoms with Gasteiger partial charge < -0.3 is 9.32 Å². The van der Waals surface area contributed by atoms with Crippen molar-refractivity contribution in [1.29, 1.82) is 0 Å². The molecule has 5 rings (SSSR count). The highest BCUT2D eigenvalue weighted by Crippen LogP contribution is 2.41. The molecule has 0 atom stereocenters. The Morgan fingerprint density at radius 1 is 0.864 bits per heavy atom. The number of hydrogen-bond acceptors (Lipinski definition) is 7. The summed E-state index contributed by atoms with van der Waals surface area (Å²) in [5, 5.41) is 9.57. The van der Waals surface area contributed by atoms with Crippen LogP contribution in [0, 0.1) is 0 Å². The molecule has 0 unspecified atom stereocenters. The molecule has 116 valence electrons. The van der Waals surface area contributed by atoms with Gasteiger partial charge in [0.2, 0.25) is 16.9 Å². The molecule has 0 bridgehead atoms. The third-order valence-corrected chi connectivity index (χ3v) is 5.66. The number of piperidine rings is 1. The van der Waals surface area contributed by atoms with Gasteiger partial charge in [-0.3, -0.25) is 0 Å². The van der Waals surface area contributed by atoms with E-state index in [1.165, 1.54) is 25.7 Å². The summed E-state index contributed by atoms with van der Waals surface area (Å²) in [6, 6.07) is 0. The summed E-state index contributed by atoms with van der Waals surface area (Å²) in [6.07, 6.45) is 7.06. The van der Waals surface area contributed by atoms with Crippen LogP contribution in [-0.2, 0) is 0 Å². The number of hydrogen-bond donors (Lipinski definition) is 0. The molecule has 2 aromatic heterocycles. The molecule has 22 heavy (non-hydrogen) atoms. The van der Waals surface area contributed by atoms with Crippen molar-refractivity contribution in [1.82, 2.24) is 19.6 Å². The van der Waals surface area contributed by atoms with Gasteiger partial charge >= 0.3 is 0 Å². The highest BCUT2D eigenvalue weighted by atomic mass is 32.1. The fourth-order valence-corrected chi connectivity index (χ4v) is 3.88. The Labute approximate surface area is 133 Å². The Morgan fingerprint density at radius 2 is 1.50 bits per heavy atom.